The van der Waals surface area contributed by atoms with Crippen molar-refractivity contribution in [1.29, 1.82) is 0 Å². The first-order chi connectivity index (χ1) is 14.5. The summed E-state index contributed by atoms with van der Waals surface area (Å²) in [6.45, 7) is 6.36. The minimum atomic E-state index is -0.587. The summed E-state index contributed by atoms with van der Waals surface area (Å²) in [6, 6.07) is 11.9. The molecule has 166 valence electrons. The van der Waals surface area contributed by atoms with Gasteiger partial charge in [0, 0.05) is 35.6 Å². The average Bonchev–Trinajstić information content (AvgIpc) is 2.69. The quantitative estimate of drug-likeness (QED) is 0.568. The molecule has 0 aliphatic carbocycles. The molecule has 2 amide bonds. The number of carbonyl (C=O) groups excluding carboxylic acids is 2. The maximum atomic E-state index is 12.8. The van der Waals surface area contributed by atoms with E-state index in [1.54, 1.807) is 41.3 Å². The van der Waals surface area contributed by atoms with Crippen LogP contribution in [0, 0.1) is 0 Å². The molecule has 1 unspecified atom stereocenters. The molecule has 2 atom stereocenters. The molecule has 0 aromatic heterocycles. The number of nitrogens with one attached hydrogen (secondary N) is 1. The van der Waals surface area contributed by atoms with Gasteiger partial charge in [-0.3, -0.25) is 4.79 Å². The molecule has 2 aromatic rings. The van der Waals surface area contributed by atoms with Crippen LogP contribution in [-0.4, -0.2) is 41.6 Å². The highest BCUT2D eigenvalue weighted by Gasteiger charge is 2.35. The summed E-state index contributed by atoms with van der Waals surface area (Å²) >= 11 is 18.3. The van der Waals surface area contributed by atoms with Gasteiger partial charge in [0.2, 0.25) is 0 Å². The molecule has 2 aromatic carbocycles. The molecular formula is C23H25Cl3N2O3. The molecule has 1 N–H and O–H groups in total. The first kappa shape index (κ1) is 23.7. The van der Waals surface area contributed by atoms with Crippen LogP contribution in [0.15, 0.2) is 42.5 Å². The number of benzene rings is 2. The Morgan fingerprint density at radius 3 is 2.32 bits per heavy atom. The first-order valence-corrected chi connectivity index (χ1v) is 11.2. The second-order valence-corrected chi connectivity index (χ2v) is 9.83. The number of amides is 2. The van der Waals surface area contributed by atoms with Gasteiger partial charge in [-0.05, 0) is 69.2 Å². The normalized spacial score (nSPS) is 19.1. The number of rotatable bonds is 3. The SMILES string of the molecule is CC(C)(C)OC(=O)N1CC[C@H](NC(=O)c2ccc(Cl)cc2)C(c2ccc(Cl)c(Cl)c2)C1. The van der Waals surface area contributed by atoms with Crippen LogP contribution in [0.3, 0.4) is 0 Å². The molecule has 0 saturated carbocycles. The van der Waals surface area contributed by atoms with Crippen molar-refractivity contribution < 1.29 is 14.3 Å². The fourth-order valence-corrected chi connectivity index (χ4v) is 3.98. The van der Waals surface area contributed by atoms with Gasteiger partial charge in [-0.2, -0.15) is 0 Å². The van der Waals surface area contributed by atoms with Crippen molar-refractivity contribution in [2.24, 2.45) is 0 Å². The van der Waals surface area contributed by atoms with E-state index in [2.05, 4.69) is 5.32 Å². The average molecular weight is 484 g/mol. The van der Waals surface area contributed by atoms with Crippen molar-refractivity contribution in [3.8, 4) is 0 Å². The summed E-state index contributed by atoms with van der Waals surface area (Å²) in [4.78, 5) is 27.1. The Hall–Kier alpha value is -1.95. The number of piperidine rings is 1. The Bertz CT molecular complexity index is 958. The molecule has 1 aliphatic heterocycles. The zero-order valence-electron chi connectivity index (χ0n) is 17.6. The third kappa shape index (κ3) is 6.28. The smallest absolute Gasteiger partial charge is 0.410 e. The van der Waals surface area contributed by atoms with Crippen LogP contribution in [-0.2, 0) is 4.74 Å². The van der Waals surface area contributed by atoms with E-state index in [1.165, 1.54) is 0 Å². The van der Waals surface area contributed by atoms with Gasteiger partial charge in [-0.15, -0.1) is 0 Å². The van der Waals surface area contributed by atoms with E-state index < -0.39 is 5.60 Å². The van der Waals surface area contributed by atoms with Crippen LogP contribution in [0.2, 0.25) is 15.1 Å². The molecule has 1 saturated heterocycles. The molecule has 1 fully saturated rings. The predicted octanol–water partition coefficient (Wildman–Crippen LogP) is 6.17. The number of halogens is 3. The minimum Gasteiger partial charge on any atom is -0.444 e. The van der Waals surface area contributed by atoms with Crippen LogP contribution in [0.25, 0.3) is 0 Å². The topological polar surface area (TPSA) is 58.6 Å². The van der Waals surface area contributed by atoms with Crippen LogP contribution in [0.5, 0.6) is 0 Å². The Morgan fingerprint density at radius 1 is 1.03 bits per heavy atom. The number of hydrogen-bond acceptors (Lipinski definition) is 3. The lowest BCUT2D eigenvalue weighted by Gasteiger charge is -2.39. The third-order valence-corrected chi connectivity index (χ3v) is 6.05. The molecule has 0 bridgehead atoms. The summed E-state index contributed by atoms with van der Waals surface area (Å²) in [5.41, 5.74) is 0.825. The van der Waals surface area contributed by atoms with Crippen LogP contribution in [0.4, 0.5) is 4.79 Å². The largest absolute Gasteiger partial charge is 0.444 e. The van der Waals surface area contributed by atoms with E-state index in [4.69, 9.17) is 39.5 Å². The molecule has 8 heteroatoms. The van der Waals surface area contributed by atoms with E-state index in [-0.39, 0.29) is 24.0 Å². The highest BCUT2D eigenvalue weighted by Crippen LogP contribution is 2.32. The molecule has 3 rings (SSSR count). The Kier molecular flexibility index (Phi) is 7.40. The number of likely N-dealkylation sites (tertiary alicyclic amines) is 1. The number of ether oxygens (including phenoxy) is 1. The molecule has 1 aliphatic rings. The van der Waals surface area contributed by atoms with E-state index >= 15 is 0 Å². The van der Waals surface area contributed by atoms with Crippen molar-refractivity contribution in [2.75, 3.05) is 13.1 Å². The van der Waals surface area contributed by atoms with Crippen molar-refractivity contribution >= 4 is 46.8 Å². The maximum absolute atomic E-state index is 12.8. The lowest BCUT2D eigenvalue weighted by atomic mass is 9.86. The monoisotopic (exact) mass is 482 g/mol. The second kappa shape index (κ2) is 9.68. The Balaban J connectivity index is 1.83. The van der Waals surface area contributed by atoms with Gasteiger partial charge in [0.15, 0.2) is 0 Å². The summed E-state index contributed by atoms with van der Waals surface area (Å²) < 4.78 is 5.54. The third-order valence-electron chi connectivity index (χ3n) is 5.06. The molecule has 31 heavy (non-hydrogen) atoms. The zero-order valence-corrected chi connectivity index (χ0v) is 19.9. The molecule has 0 spiro atoms. The van der Waals surface area contributed by atoms with Crippen LogP contribution >= 0.6 is 34.8 Å². The van der Waals surface area contributed by atoms with Crippen LogP contribution < -0.4 is 5.32 Å². The van der Waals surface area contributed by atoms with E-state index in [0.717, 1.165) is 5.56 Å². The van der Waals surface area contributed by atoms with Crippen molar-refractivity contribution in [3.63, 3.8) is 0 Å². The minimum absolute atomic E-state index is 0.174. The van der Waals surface area contributed by atoms with Gasteiger partial charge in [0.25, 0.3) is 5.91 Å². The molecular weight excluding hydrogens is 459 g/mol. The van der Waals surface area contributed by atoms with Crippen molar-refractivity contribution in [1.82, 2.24) is 10.2 Å². The fourth-order valence-electron chi connectivity index (χ4n) is 3.55. The Morgan fingerprint density at radius 2 is 1.71 bits per heavy atom. The fraction of sp³-hybridized carbons (Fsp3) is 0.391. The second-order valence-electron chi connectivity index (χ2n) is 8.58. The lowest BCUT2D eigenvalue weighted by Crippen LogP contribution is -2.52. The highest BCUT2D eigenvalue weighted by molar-refractivity contribution is 6.42. The molecule has 0 radical (unpaired) electrons. The van der Waals surface area contributed by atoms with Gasteiger partial charge in [-0.1, -0.05) is 40.9 Å². The highest BCUT2D eigenvalue weighted by atomic mass is 35.5. The van der Waals surface area contributed by atoms with Crippen LogP contribution in [0.1, 0.15) is 49.0 Å². The van der Waals surface area contributed by atoms with E-state index in [9.17, 15) is 9.59 Å². The van der Waals surface area contributed by atoms with Crippen molar-refractivity contribution in [3.05, 3.63) is 68.7 Å². The summed E-state index contributed by atoms with van der Waals surface area (Å²) in [6.07, 6.45) is 0.198. The predicted molar refractivity (Wildman–Crippen MR) is 124 cm³/mol. The number of hydrogen-bond donors (Lipinski definition) is 1. The summed E-state index contributed by atoms with van der Waals surface area (Å²) in [7, 11) is 0. The van der Waals surface area contributed by atoms with E-state index in [1.807, 2.05) is 26.8 Å². The van der Waals surface area contributed by atoms with Gasteiger partial charge >= 0.3 is 6.09 Å². The standard InChI is InChI=1S/C23H25Cl3N2O3/c1-23(2,3)31-22(30)28-11-10-20(27-21(29)14-4-7-16(24)8-5-14)17(13-28)15-6-9-18(25)19(26)12-15/h4-9,12,17,20H,10-11,13H2,1-3H3,(H,27,29)/t17?,20-/m0/s1. The number of carbonyl (C=O) groups is 2. The molecule has 5 nitrogen and oxygen atoms in total. The van der Waals surface area contributed by atoms with Gasteiger partial charge in [0.1, 0.15) is 5.60 Å². The van der Waals surface area contributed by atoms with E-state index in [0.29, 0.717) is 40.1 Å². The van der Waals surface area contributed by atoms with Gasteiger partial charge in [-0.25, -0.2) is 4.79 Å². The maximum Gasteiger partial charge on any atom is 0.410 e. The van der Waals surface area contributed by atoms with Gasteiger partial charge < -0.3 is 15.0 Å². The summed E-state index contributed by atoms with van der Waals surface area (Å²) in [5, 5.41) is 4.55. The molecule has 1 heterocycles. The van der Waals surface area contributed by atoms with Crippen molar-refractivity contribution in [2.45, 2.75) is 44.8 Å². The Labute approximate surface area is 197 Å². The zero-order chi connectivity index (χ0) is 22.8. The first-order valence-electron chi connectivity index (χ1n) is 10.0. The van der Waals surface area contributed by atoms with Gasteiger partial charge in [0.05, 0.1) is 10.0 Å². The number of nitrogens with zero attached hydrogens (tertiary/aromatic N) is 1. The summed E-state index contributed by atoms with van der Waals surface area (Å²) in [5.74, 6) is -0.371. The lowest BCUT2D eigenvalue weighted by molar-refractivity contribution is 0.0177.